The average Bonchev–Trinajstić information content (AvgIpc) is 3.04. The lowest BCUT2D eigenvalue weighted by Gasteiger charge is -2.14. The maximum Gasteiger partial charge on any atom is 0.227 e. The van der Waals surface area contributed by atoms with E-state index < -0.39 is 9.84 Å². The number of benzene rings is 2. The number of hydrogen-bond donors (Lipinski definition) is 2. The maximum absolute atomic E-state index is 12.4. The smallest absolute Gasteiger partial charge is 0.227 e. The average molecular weight is 419 g/mol. The molecule has 156 valence electrons. The molecule has 2 amide bonds. The summed E-state index contributed by atoms with van der Waals surface area (Å²) in [6.07, 6.45) is 0.567. The molecule has 0 saturated carbocycles. The molecule has 3 rings (SSSR count). The number of nitrogens with one attached hydrogen (secondary N) is 2. The van der Waals surface area contributed by atoms with E-state index in [1.54, 1.807) is 7.11 Å². The molecule has 2 aromatic rings. The molecule has 1 aliphatic heterocycles. The van der Waals surface area contributed by atoms with Gasteiger partial charge in [-0.25, -0.2) is 8.42 Å². The molecule has 1 saturated heterocycles. The number of methoxy groups -OCH3 is 1. The molecule has 0 radical (unpaired) electrons. The predicted molar refractivity (Wildman–Crippen MR) is 112 cm³/mol. The largest absolute Gasteiger partial charge is 0.497 e. The first-order chi connectivity index (χ1) is 13.8. The number of carbonyl (C=O) groups excluding carboxylic acids is 2. The van der Waals surface area contributed by atoms with Gasteiger partial charge in [-0.1, -0.05) is 24.3 Å². The number of fused-ring (bicyclic) bond motifs is 1. The normalized spacial score (nSPS) is 18.9. The Morgan fingerprint density at radius 1 is 1.17 bits per heavy atom. The standard InChI is InChI=1S/C21H26N2O5S/c1-14(15-3-4-17-12-19(28-2)6-5-16(17)11-15)21(25)22-9-7-20(24)23-18-8-10-29(26,27)13-18/h3-6,11-12,14,18H,7-10,13H2,1-2H3,(H,22,25)(H,23,24)/t14-,18?/m0/s1. The summed E-state index contributed by atoms with van der Waals surface area (Å²) in [5, 5.41) is 7.56. The van der Waals surface area contributed by atoms with Gasteiger partial charge >= 0.3 is 0 Å². The van der Waals surface area contributed by atoms with E-state index in [9.17, 15) is 18.0 Å². The second-order valence-electron chi connectivity index (χ2n) is 7.40. The van der Waals surface area contributed by atoms with Gasteiger partial charge in [-0.3, -0.25) is 9.59 Å². The van der Waals surface area contributed by atoms with Crippen molar-refractivity contribution in [1.82, 2.24) is 10.6 Å². The van der Waals surface area contributed by atoms with Crippen molar-refractivity contribution in [3.8, 4) is 5.75 Å². The highest BCUT2D eigenvalue weighted by molar-refractivity contribution is 7.91. The zero-order valence-corrected chi connectivity index (χ0v) is 17.4. The first kappa shape index (κ1) is 21.1. The molecule has 2 atom stereocenters. The van der Waals surface area contributed by atoms with E-state index >= 15 is 0 Å². The number of sulfone groups is 1. The molecule has 29 heavy (non-hydrogen) atoms. The highest BCUT2D eigenvalue weighted by atomic mass is 32.2. The first-order valence-electron chi connectivity index (χ1n) is 9.62. The van der Waals surface area contributed by atoms with E-state index in [-0.39, 0.29) is 48.2 Å². The Bertz CT molecular complexity index is 1020. The minimum atomic E-state index is -3.03. The van der Waals surface area contributed by atoms with Crippen LogP contribution in [0.3, 0.4) is 0 Å². The molecule has 7 nitrogen and oxygen atoms in total. The van der Waals surface area contributed by atoms with Gasteiger partial charge in [0.25, 0.3) is 0 Å². The van der Waals surface area contributed by atoms with Crippen molar-refractivity contribution in [2.45, 2.75) is 31.7 Å². The second kappa shape index (κ2) is 8.82. The summed E-state index contributed by atoms with van der Waals surface area (Å²) >= 11 is 0. The topological polar surface area (TPSA) is 102 Å². The fourth-order valence-electron chi connectivity index (χ4n) is 3.45. The van der Waals surface area contributed by atoms with Crippen molar-refractivity contribution in [2.24, 2.45) is 0 Å². The Balaban J connectivity index is 1.50. The quantitative estimate of drug-likeness (QED) is 0.714. The van der Waals surface area contributed by atoms with Crippen LogP contribution in [0.25, 0.3) is 10.8 Å². The SMILES string of the molecule is COc1ccc2cc([C@H](C)C(=O)NCCC(=O)NC3CCS(=O)(=O)C3)ccc2c1. The van der Waals surface area contributed by atoms with Crippen molar-refractivity contribution in [2.75, 3.05) is 25.2 Å². The predicted octanol–water partition coefficient (Wildman–Crippen LogP) is 1.76. The van der Waals surface area contributed by atoms with E-state index in [2.05, 4.69) is 10.6 Å². The van der Waals surface area contributed by atoms with Crippen molar-refractivity contribution in [3.05, 3.63) is 42.0 Å². The van der Waals surface area contributed by atoms with Crippen molar-refractivity contribution in [3.63, 3.8) is 0 Å². The molecule has 1 unspecified atom stereocenters. The van der Waals surface area contributed by atoms with Gasteiger partial charge in [-0.05, 0) is 41.8 Å². The van der Waals surface area contributed by atoms with Gasteiger partial charge in [-0.15, -0.1) is 0 Å². The lowest BCUT2D eigenvalue weighted by Crippen LogP contribution is -2.38. The van der Waals surface area contributed by atoms with E-state index in [1.165, 1.54) is 0 Å². The number of carbonyl (C=O) groups is 2. The number of rotatable bonds is 7. The molecular weight excluding hydrogens is 392 g/mol. The van der Waals surface area contributed by atoms with Crippen molar-refractivity contribution in [1.29, 1.82) is 0 Å². The van der Waals surface area contributed by atoms with Crippen LogP contribution in [0, 0.1) is 0 Å². The molecule has 0 aliphatic carbocycles. The third-order valence-corrected chi connectivity index (χ3v) is 6.98. The fraction of sp³-hybridized carbons (Fsp3) is 0.429. The Morgan fingerprint density at radius 3 is 2.59 bits per heavy atom. The number of hydrogen-bond acceptors (Lipinski definition) is 5. The molecular formula is C21H26N2O5S. The Kier molecular flexibility index (Phi) is 6.42. The highest BCUT2D eigenvalue weighted by Crippen LogP contribution is 2.25. The van der Waals surface area contributed by atoms with Crippen LogP contribution < -0.4 is 15.4 Å². The Hall–Kier alpha value is -2.61. The van der Waals surface area contributed by atoms with Gasteiger partial charge in [0.2, 0.25) is 11.8 Å². The molecule has 1 aliphatic rings. The van der Waals surface area contributed by atoms with Gasteiger partial charge in [0.1, 0.15) is 5.75 Å². The van der Waals surface area contributed by atoms with Crippen molar-refractivity contribution < 1.29 is 22.7 Å². The van der Waals surface area contributed by atoms with Gasteiger partial charge in [0.15, 0.2) is 9.84 Å². The zero-order valence-electron chi connectivity index (χ0n) is 16.6. The van der Waals surface area contributed by atoms with Crippen LogP contribution >= 0.6 is 0 Å². The number of amides is 2. The lowest BCUT2D eigenvalue weighted by molar-refractivity contribution is -0.123. The zero-order chi connectivity index (χ0) is 21.0. The first-order valence-corrected chi connectivity index (χ1v) is 11.4. The van der Waals surface area contributed by atoms with Gasteiger partial charge in [-0.2, -0.15) is 0 Å². The minimum Gasteiger partial charge on any atom is -0.497 e. The van der Waals surface area contributed by atoms with E-state index in [1.807, 2.05) is 43.3 Å². The maximum atomic E-state index is 12.4. The summed E-state index contributed by atoms with van der Waals surface area (Å²) in [5.41, 5.74) is 0.890. The summed E-state index contributed by atoms with van der Waals surface area (Å²) in [5.74, 6) is 0.128. The van der Waals surface area contributed by atoms with E-state index in [0.717, 1.165) is 22.1 Å². The van der Waals surface area contributed by atoms with Crippen LogP contribution in [0.1, 0.15) is 31.2 Å². The van der Waals surface area contributed by atoms with Crippen LogP contribution in [0.4, 0.5) is 0 Å². The molecule has 0 aromatic heterocycles. The van der Waals surface area contributed by atoms with Crippen molar-refractivity contribution >= 4 is 32.4 Å². The third-order valence-electron chi connectivity index (χ3n) is 5.21. The third kappa shape index (κ3) is 5.47. The van der Waals surface area contributed by atoms with Crippen LogP contribution in [0.5, 0.6) is 5.75 Å². The molecule has 2 aromatic carbocycles. The van der Waals surface area contributed by atoms with E-state index in [0.29, 0.717) is 6.42 Å². The van der Waals surface area contributed by atoms with Gasteiger partial charge in [0, 0.05) is 19.0 Å². The molecule has 2 N–H and O–H groups in total. The van der Waals surface area contributed by atoms with Gasteiger partial charge in [0.05, 0.1) is 24.5 Å². The molecule has 0 spiro atoms. The molecule has 0 bridgehead atoms. The minimum absolute atomic E-state index is 0.00400. The highest BCUT2D eigenvalue weighted by Gasteiger charge is 2.28. The molecule has 1 fully saturated rings. The lowest BCUT2D eigenvalue weighted by atomic mass is 9.97. The summed E-state index contributed by atoms with van der Waals surface area (Å²) in [4.78, 5) is 24.4. The van der Waals surface area contributed by atoms with Crippen LogP contribution in [0.2, 0.25) is 0 Å². The Labute approximate surface area is 170 Å². The van der Waals surface area contributed by atoms with Crippen LogP contribution in [-0.4, -0.2) is 51.4 Å². The van der Waals surface area contributed by atoms with E-state index in [4.69, 9.17) is 4.74 Å². The second-order valence-corrected chi connectivity index (χ2v) is 9.63. The summed E-state index contributed by atoms with van der Waals surface area (Å²) in [6.45, 7) is 2.03. The summed E-state index contributed by atoms with van der Waals surface area (Å²) in [7, 11) is -1.41. The van der Waals surface area contributed by atoms with Crippen LogP contribution in [-0.2, 0) is 19.4 Å². The Morgan fingerprint density at radius 2 is 1.90 bits per heavy atom. The van der Waals surface area contributed by atoms with Crippen LogP contribution in [0.15, 0.2) is 36.4 Å². The molecule has 8 heteroatoms. The number of ether oxygens (including phenoxy) is 1. The molecule has 1 heterocycles. The summed E-state index contributed by atoms with van der Waals surface area (Å²) in [6, 6.07) is 11.3. The van der Waals surface area contributed by atoms with Gasteiger partial charge < -0.3 is 15.4 Å². The monoisotopic (exact) mass is 418 g/mol. The fourth-order valence-corrected chi connectivity index (χ4v) is 5.12. The summed E-state index contributed by atoms with van der Waals surface area (Å²) < 4.78 is 28.1.